The first-order valence-electron chi connectivity index (χ1n) is 5.33. The predicted octanol–water partition coefficient (Wildman–Crippen LogP) is 2.90. The van der Waals surface area contributed by atoms with Crippen molar-refractivity contribution in [1.82, 2.24) is 5.32 Å². The van der Waals surface area contributed by atoms with Crippen molar-refractivity contribution >= 4 is 23.4 Å². The van der Waals surface area contributed by atoms with E-state index in [1.54, 1.807) is 0 Å². The van der Waals surface area contributed by atoms with E-state index >= 15 is 0 Å². The van der Waals surface area contributed by atoms with Crippen molar-refractivity contribution < 1.29 is 0 Å². The molecule has 1 atom stereocenters. The number of nitrogens with one attached hydrogen (secondary N) is 1. The minimum absolute atomic E-state index is 0.705. The van der Waals surface area contributed by atoms with Crippen LogP contribution in [0, 0.1) is 6.92 Å². The smallest absolute Gasteiger partial charge is 0.0437 e. The van der Waals surface area contributed by atoms with Crippen molar-refractivity contribution in [3.63, 3.8) is 0 Å². The highest BCUT2D eigenvalue weighted by Gasteiger charge is 2.15. The van der Waals surface area contributed by atoms with Crippen molar-refractivity contribution in [1.29, 1.82) is 0 Å². The molecule has 0 saturated carbocycles. The van der Waals surface area contributed by atoms with Crippen LogP contribution in [0.1, 0.15) is 11.1 Å². The average Bonchev–Trinajstić information content (AvgIpc) is 2.26. The van der Waals surface area contributed by atoms with E-state index in [2.05, 4.69) is 30.1 Å². The van der Waals surface area contributed by atoms with Crippen molar-refractivity contribution in [3.8, 4) is 0 Å². The average molecular weight is 242 g/mol. The predicted molar refractivity (Wildman–Crippen MR) is 69.0 cm³/mol. The third kappa shape index (κ3) is 2.90. The van der Waals surface area contributed by atoms with E-state index in [1.165, 1.54) is 16.9 Å². The lowest BCUT2D eigenvalue weighted by molar-refractivity contribution is 0.666. The first kappa shape index (κ1) is 11.3. The first-order valence-corrected chi connectivity index (χ1v) is 6.76. The van der Waals surface area contributed by atoms with Crippen LogP contribution in [0.5, 0.6) is 0 Å². The summed E-state index contributed by atoms with van der Waals surface area (Å²) in [7, 11) is 0. The van der Waals surface area contributed by atoms with Crippen LogP contribution in [-0.4, -0.2) is 24.1 Å². The Hall–Kier alpha value is -0.180. The van der Waals surface area contributed by atoms with Crippen LogP contribution in [0.3, 0.4) is 0 Å². The highest BCUT2D eigenvalue weighted by Crippen LogP contribution is 2.24. The monoisotopic (exact) mass is 241 g/mol. The lowest BCUT2D eigenvalue weighted by atomic mass is 10.0. The fraction of sp³-hybridized carbons (Fsp3) is 0.500. The van der Waals surface area contributed by atoms with Gasteiger partial charge in [-0.2, -0.15) is 11.8 Å². The van der Waals surface area contributed by atoms with E-state index in [-0.39, 0.29) is 0 Å². The summed E-state index contributed by atoms with van der Waals surface area (Å²) in [5.41, 5.74) is 2.63. The Morgan fingerprint density at radius 2 is 2.40 bits per heavy atom. The molecule has 1 aliphatic heterocycles. The van der Waals surface area contributed by atoms with Crippen LogP contribution in [0.15, 0.2) is 18.2 Å². The van der Waals surface area contributed by atoms with Crippen molar-refractivity contribution in [2.24, 2.45) is 0 Å². The topological polar surface area (TPSA) is 12.0 Å². The Kier molecular flexibility index (Phi) is 3.95. The van der Waals surface area contributed by atoms with Gasteiger partial charge in [0.05, 0.1) is 0 Å². The summed E-state index contributed by atoms with van der Waals surface area (Å²) >= 11 is 8.18. The van der Waals surface area contributed by atoms with Gasteiger partial charge in [0.25, 0.3) is 0 Å². The second-order valence-electron chi connectivity index (χ2n) is 3.93. The van der Waals surface area contributed by atoms with Gasteiger partial charge < -0.3 is 5.32 Å². The second-order valence-corrected chi connectivity index (χ2v) is 5.74. The summed E-state index contributed by atoms with van der Waals surface area (Å²) in [5.74, 6) is 1.23. The van der Waals surface area contributed by atoms with Gasteiger partial charge in [0.1, 0.15) is 0 Å². The van der Waals surface area contributed by atoms with E-state index in [4.69, 9.17) is 11.6 Å². The molecule has 1 aliphatic rings. The summed E-state index contributed by atoms with van der Waals surface area (Å²) in [6.07, 6.45) is 1.13. The molecular formula is C12H16ClNS. The maximum atomic E-state index is 6.11. The van der Waals surface area contributed by atoms with E-state index in [1.807, 2.05) is 12.1 Å². The van der Waals surface area contributed by atoms with Gasteiger partial charge in [0, 0.05) is 29.1 Å². The van der Waals surface area contributed by atoms with Crippen LogP contribution < -0.4 is 5.32 Å². The molecule has 0 aromatic heterocycles. The molecule has 1 unspecified atom stereocenters. The van der Waals surface area contributed by atoms with E-state index in [0.29, 0.717) is 5.25 Å². The molecule has 1 N–H and O–H groups in total. The molecular weight excluding hydrogens is 226 g/mol. The molecule has 1 heterocycles. The molecule has 1 aromatic carbocycles. The lowest BCUT2D eigenvalue weighted by Gasteiger charge is -2.23. The number of rotatable bonds is 2. The number of halogens is 1. The number of hydrogen-bond acceptors (Lipinski definition) is 2. The summed E-state index contributed by atoms with van der Waals surface area (Å²) in [6.45, 7) is 4.38. The molecule has 0 spiro atoms. The van der Waals surface area contributed by atoms with Gasteiger partial charge in [-0.05, 0) is 30.5 Å². The quantitative estimate of drug-likeness (QED) is 0.855. The van der Waals surface area contributed by atoms with Crippen LogP contribution in [-0.2, 0) is 6.42 Å². The highest BCUT2D eigenvalue weighted by molar-refractivity contribution is 8.00. The van der Waals surface area contributed by atoms with Crippen LogP contribution in [0.25, 0.3) is 0 Å². The van der Waals surface area contributed by atoms with Gasteiger partial charge in [-0.3, -0.25) is 0 Å². The number of benzene rings is 1. The maximum absolute atomic E-state index is 6.11. The largest absolute Gasteiger partial charge is 0.315 e. The molecule has 0 amide bonds. The Morgan fingerprint density at radius 1 is 1.53 bits per heavy atom. The second kappa shape index (κ2) is 5.24. The maximum Gasteiger partial charge on any atom is 0.0437 e. The number of thioether (sulfide) groups is 1. The van der Waals surface area contributed by atoms with Crippen molar-refractivity contribution in [3.05, 3.63) is 34.3 Å². The normalized spacial score (nSPS) is 21.6. The standard InChI is InChI=1S/C12H16ClNS/c1-9-10(3-2-4-12(9)13)7-11-8-14-5-6-15-11/h2-4,11,14H,5-8H2,1H3. The van der Waals surface area contributed by atoms with Crippen LogP contribution in [0.4, 0.5) is 0 Å². The lowest BCUT2D eigenvalue weighted by Crippen LogP contribution is -2.33. The Labute approximate surface area is 101 Å². The van der Waals surface area contributed by atoms with Gasteiger partial charge in [0.15, 0.2) is 0 Å². The van der Waals surface area contributed by atoms with Crippen molar-refractivity contribution in [2.75, 3.05) is 18.8 Å². The van der Waals surface area contributed by atoms with Gasteiger partial charge in [-0.1, -0.05) is 23.7 Å². The molecule has 0 radical (unpaired) electrons. The Bertz CT molecular complexity index is 334. The van der Waals surface area contributed by atoms with Gasteiger partial charge in [0.2, 0.25) is 0 Å². The molecule has 2 rings (SSSR count). The number of hydrogen-bond donors (Lipinski definition) is 1. The molecule has 1 saturated heterocycles. The van der Waals surface area contributed by atoms with E-state index in [0.717, 1.165) is 24.5 Å². The highest BCUT2D eigenvalue weighted by atomic mass is 35.5. The molecule has 1 fully saturated rings. The van der Waals surface area contributed by atoms with E-state index in [9.17, 15) is 0 Å². The molecule has 1 aromatic rings. The molecule has 15 heavy (non-hydrogen) atoms. The molecule has 1 nitrogen and oxygen atoms in total. The Balaban J connectivity index is 2.06. The summed E-state index contributed by atoms with van der Waals surface area (Å²) in [5, 5.41) is 5.03. The SMILES string of the molecule is Cc1c(Cl)cccc1CC1CNCCS1. The molecule has 3 heteroatoms. The van der Waals surface area contributed by atoms with E-state index < -0.39 is 0 Å². The van der Waals surface area contributed by atoms with Gasteiger partial charge >= 0.3 is 0 Å². The minimum Gasteiger partial charge on any atom is -0.315 e. The zero-order chi connectivity index (χ0) is 10.7. The van der Waals surface area contributed by atoms with Gasteiger partial charge in [-0.25, -0.2) is 0 Å². The molecule has 82 valence electrons. The zero-order valence-corrected chi connectivity index (χ0v) is 10.5. The third-order valence-electron chi connectivity index (χ3n) is 2.83. The third-order valence-corrected chi connectivity index (χ3v) is 4.49. The van der Waals surface area contributed by atoms with Crippen molar-refractivity contribution in [2.45, 2.75) is 18.6 Å². The van der Waals surface area contributed by atoms with Gasteiger partial charge in [-0.15, -0.1) is 0 Å². The fourth-order valence-corrected chi connectivity index (χ4v) is 3.19. The van der Waals surface area contributed by atoms with Crippen LogP contribution in [0.2, 0.25) is 5.02 Å². The molecule has 0 bridgehead atoms. The summed E-state index contributed by atoms with van der Waals surface area (Å²) in [6, 6.07) is 6.20. The fourth-order valence-electron chi connectivity index (χ4n) is 1.87. The zero-order valence-electron chi connectivity index (χ0n) is 8.92. The summed E-state index contributed by atoms with van der Waals surface area (Å²) < 4.78 is 0. The Morgan fingerprint density at radius 3 is 3.13 bits per heavy atom. The minimum atomic E-state index is 0.705. The molecule has 0 aliphatic carbocycles. The first-order chi connectivity index (χ1) is 7.27. The summed E-state index contributed by atoms with van der Waals surface area (Å²) in [4.78, 5) is 0. The van der Waals surface area contributed by atoms with Crippen LogP contribution >= 0.6 is 23.4 Å².